The fourth-order valence-corrected chi connectivity index (χ4v) is 4.34. The zero-order valence-electron chi connectivity index (χ0n) is 12.2. The lowest BCUT2D eigenvalue weighted by atomic mass is 9.98. The third-order valence-corrected chi connectivity index (χ3v) is 5.77. The van der Waals surface area contributed by atoms with Gasteiger partial charge in [-0.15, -0.1) is 0 Å². The van der Waals surface area contributed by atoms with Gasteiger partial charge in [0.25, 0.3) is 15.7 Å². The molecule has 122 valence electrons. The number of nitrogens with one attached hydrogen (secondary N) is 1. The van der Waals surface area contributed by atoms with Crippen molar-refractivity contribution in [3.05, 3.63) is 34.1 Å². The van der Waals surface area contributed by atoms with Crippen molar-refractivity contribution in [3.63, 3.8) is 0 Å². The van der Waals surface area contributed by atoms with E-state index in [1.807, 2.05) is 7.05 Å². The van der Waals surface area contributed by atoms with Gasteiger partial charge < -0.3 is 5.32 Å². The average Bonchev–Trinajstić information content (AvgIpc) is 2.47. The van der Waals surface area contributed by atoms with Crippen molar-refractivity contribution in [2.75, 3.05) is 26.7 Å². The number of benzene rings is 1. The van der Waals surface area contributed by atoms with Gasteiger partial charge in [-0.3, -0.25) is 10.1 Å². The Kier molecular flexibility index (Phi) is 5.09. The molecule has 0 unspecified atom stereocenters. The molecule has 0 aromatic heterocycles. The number of piperidine rings is 1. The Balaban J connectivity index is 2.31. The third-order valence-electron chi connectivity index (χ3n) is 3.81. The molecule has 9 heteroatoms. The van der Waals surface area contributed by atoms with Gasteiger partial charge in [0.2, 0.25) is 0 Å². The van der Waals surface area contributed by atoms with E-state index in [9.17, 15) is 22.9 Å². The molecule has 0 bridgehead atoms. The Labute approximate surface area is 128 Å². The number of rotatable bonds is 5. The molecule has 1 N–H and O–H groups in total. The zero-order chi connectivity index (χ0) is 16.3. The summed E-state index contributed by atoms with van der Waals surface area (Å²) in [5.74, 6) is -0.737. The van der Waals surface area contributed by atoms with Crippen LogP contribution in [0.2, 0.25) is 0 Å². The molecule has 1 fully saturated rings. The van der Waals surface area contributed by atoms with Gasteiger partial charge in [-0.05, 0) is 38.4 Å². The topological polar surface area (TPSA) is 92.6 Å². The maximum Gasteiger partial charge on any atom is 0.292 e. The van der Waals surface area contributed by atoms with E-state index >= 15 is 0 Å². The van der Waals surface area contributed by atoms with Crippen molar-refractivity contribution >= 4 is 15.7 Å². The predicted octanol–water partition coefficient (Wildman–Crippen LogP) is 1.35. The summed E-state index contributed by atoms with van der Waals surface area (Å²) in [6, 6.07) is 3.06. The molecule has 1 aromatic rings. The molecule has 1 aromatic carbocycles. The highest BCUT2D eigenvalue weighted by molar-refractivity contribution is 7.89. The van der Waals surface area contributed by atoms with E-state index in [1.54, 1.807) is 0 Å². The fourth-order valence-electron chi connectivity index (χ4n) is 2.67. The molecular weight excluding hydrogens is 313 g/mol. The smallest absolute Gasteiger partial charge is 0.292 e. The third kappa shape index (κ3) is 3.26. The van der Waals surface area contributed by atoms with Gasteiger partial charge in [-0.1, -0.05) is 6.07 Å². The molecule has 0 saturated carbocycles. The van der Waals surface area contributed by atoms with Crippen LogP contribution in [0.4, 0.5) is 10.1 Å². The number of nitro benzene ring substituents is 1. The zero-order valence-corrected chi connectivity index (χ0v) is 13.0. The average molecular weight is 331 g/mol. The SMILES string of the molecule is CNCC1CCN(S(=O)(=O)c2c(F)cccc2[N+](=O)[O-])CC1. The lowest BCUT2D eigenvalue weighted by Crippen LogP contribution is -2.40. The molecule has 7 nitrogen and oxygen atoms in total. The molecule has 0 radical (unpaired) electrons. The summed E-state index contributed by atoms with van der Waals surface area (Å²) in [4.78, 5) is 9.28. The van der Waals surface area contributed by atoms with Gasteiger partial charge in [0.15, 0.2) is 4.90 Å². The van der Waals surface area contributed by atoms with Crippen molar-refractivity contribution in [1.82, 2.24) is 9.62 Å². The van der Waals surface area contributed by atoms with Crippen molar-refractivity contribution in [1.29, 1.82) is 0 Å². The minimum Gasteiger partial charge on any atom is -0.319 e. The Hall–Kier alpha value is -1.58. The number of sulfonamides is 1. The van der Waals surface area contributed by atoms with Crippen LogP contribution in [0.5, 0.6) is 0 Å². The van der Waals surface area contributed by atoms with Crippen LogP contribution in [-0.2, 0) is 10.0 Å². The van der Waals surface area contributed by atoms with E-state index in [2.05, 4.69) is 5.32 Å². The molecule has 1 aliphatic rings. The molecular formula is C13H18FN3O4S. The van der Waals surface area contributed by atoms with E-state index in [0.29, 0.717) is 18.8 Å². The molecule has 1 aliphatic heterocycles. The highest BCUT2D eigenvalue weighted by atomic mass is 32.2. The van der Waals surface area contributed by atoms with Gasteiger partial charge in [0.1, 0.15) is 5.82 Å². The van der Waals surface area contributed by atoms with Crippen molar-refractivity contribution in [2.24, 2.45) is 5.92 Å². The largest absolute Gasteiger partial charge is 0.319 e. The number of nitrogens with zero attached hydrogens (tertiary/aromatic N) is 2. The van der Waals surface area contributed by atoms with Crippen LogP contribution in [0.15, 0.2) is 23.1 Å². The Bertz CT molecular complexity index is 657. The van der Waals surface area contributed by atoms with Gasteiger partial charge >= 0.3 is 0 Å². The predicted molar refractivity (Wildman–Crippen MR) is 78.5 cm³/mol. The van der Waals surface area contributed by atoms with Gasteiger partial charge in [0.05, 0.1) is 4.92 Å². The molecule has 1 heterocycles. The van der Waals surface area contributed by atoms with E-state index in [0.717, 1.165) is 29.0 Å². The second-order valence-corrected chi connectivity index (χ2v) is 7.13. The summed E-state index contributed by atoms with van der Waals surface area (Å²) in [5, 5.41) is 14.0. The number of hydrogen-bond donors (Lipinski definition) is 1. The highest BCUT2D eigenvalue weighted by Crippen LogP contribution is 2.31. The normalized spacial score (nSPS) is 17.5. The lowest BCUT2D eigenvalue weighted by molar-refractivity contribution is -0.388. The maximum absolute atomic E-state index is 13.9. The maximum atomic E-state index is 13.9. The summed E-state index contributed by atoms with van der Waals surface area (Å²) in [6.07, 6.45) is 1.28. The number of nitro groups is 1. The van der Waals surface area contributed by atoms with Crippen LogP contribution in [0.3, 0.4) is 0 Å². The Morgan fingerprint density at radius 1 is 1.41 bits per heavy atom. The van der Waals surface area contributed by atoms with E-state index < -0.39 is 31.3 Å². The molecule has 22 heavy (non-hydrogen) atoms. The van der Waals surface area contributed by atoms with Crippen LogP contribution >= 0.6 is 0 Å². The summed E-state index contributed by atoms with van der Waals surface area (Å²) >= 11 is 0. The minimum absolute atomic E-state index is 0.236. The first-order valence-electron chi connectivity index (χ1n) is 6.95. The standard InChI is InChI=1S/C13H18FN3O4S/c1-15-9-10-5-7-16(8-6-10)22(20,21)13-11(14)3-2-4-12(13)17(18)19/h2-4,10,15H,5-9H2,1H3. The fraction of sp³-hybridized carbons (Fsp3) is 0.538. The second-order valence-electron chi connectivity index (χ2n) is 5.25. The highest BCUT2D eigenvalue weighted by Gasteiger charge is 2.36. The van der Waals surface area contributed by atoms with Crippen LogP contribution < -0.4 is 5.32 Å². The van der Waals surface area contributed by atoms with Crippen LogP contribution in [0, 0.1) is 21.8 Å². The van der Waals surface area contributed by atoms with E-state index in [-0.39, 0.29) is 13.1 Å². The number of halogens is 1. The minimum atomic E-state index is -4.21. The molecule has 0 aliphatic carbocycles. The lowest BCUT2D eigenvalue weighted by Gasteiger charge is -2.31. The summed E-state index contributed by atoms with van der Waals surface area (Å²) in [5.41, 5.74) is -0.725. The van der Waals surface area contributed by atoms with Crippen LogP contribution in [0.25, 0.3) is 0 Å². The van der Waals surface area contributed by atoms with Gasteiger partial charge in [0, 0.05) is 19.2 Å². The van der Waals surface area contributed by atoms with Gasteiger partial charge in [-0.2, -0.15) is 4.31 Å². The monoisotopic (exact) mass is 331 g/mol. The first-order chi connectivity index (χ1) is 10.4. The van der Waals surface area contributed by atoms with Crippen molar-refractivity contribution < 1.29 is 17.7 Å². The first-order valence-corrected chi connectivity index (χ1v) is 8.39. The Morgan fingerprint density at radius 2 is 2.05 bits per heavy atom. The molecule has 0 amide bonds. The van der Waals surface area contributed by atoms with Crippen molar-refractivity contribution in [2.45, 2.75) is 17.7 Å². The van der Waals surface area contributed by atoms with E-state index in [1.165, 1.54) is 0 Å². The molecule has 0 spiro atoms. The quantitative estimate of drug-likeness (QED) is 0.649. The van der Waals surface area contributed by atoms with Crippen molar-refractivity contribution in [3.8, 4) is 0 Å². The number of hydrogen-bond acceptors (Lipinski definition) is 5. The van der Waals surface area contributed by atoms with Crippen LogP contribution in [-0.4, -0.2) is 44.3 Å². The molecule has 0 atom stereocenters. The molecule has 1 saturated heterocycles. The summed E-state index contributed by atoms with van der Waals surface area (Å²) in [7, 11) is -2.39. The Morgan fingerprint density at radius 3 is 2.59 bits per heavy atom. The second kappa shape index (κ2) is 6.67. The molecule has 2 rings (SSSR count). The first kappa shape index (κ1) is 16.8. The van der Waals surface area contributed by atoms with Gasteiger partial charge in [-0.25, -0.2) is 12.8 Å². The summed E-state index contributed by atoms with van der Waals surface area (Å²) < 4.78 is 40.2. The van der Waals surface area contributed by atoms with E-state index in [4.69, 9.17) is 0 Å². The van der Waals surface area contributed by atoms with Crippen LogP contribution in [0.1, 0.15) is 12.8 Å². The summed E-state index contributed by atoms with van der Waals surface area (Å²) in [6.45, 7) is 1.26.